The van der Waals surface area contributed by atoms with Crippen LogP contribution in [0.1, 0.15) is 50.8 Å². The quantitative estimate of drug-likeness (QED) is 0.325. The zero-order chi connectivity index (χ0) is 31.4. The number of nitrogens with one attached hydrogen (secondary N) is 3. The SMILES string of the molecule is O=C(Nc1ccc(C(=O)N2CCN(C(=O)C3CCNCC3)CC2)c(Cl)c1)c1ncc(Cc2cn(CCF)nc2C(F)(F)F)[nH]1. The number of alkyl halides is 4. The molecule has 2 aliphatic heterocycles. The van der Waals surface area contributed by atoms with Crippen LogP contribution in [0.5, 0.6) is 0 Å². The lowest BCUT2D eigenvalue weighted by Crippen LogP contribution is -2.52. The number of piperidine rings is 1. The number of aromatic nitrogens is 4. The molecule has 236 valence electrons. The normalized spacial score (nSPS) is 16.3. The summed E-state index contributed by atoms with van der Waals surface area (Å²) in [5.41, 5.74) is -0.584. The molecule has 0 radical (unpaired) electrons. The van der Waals surface area contributed by atoms with Gasteiger partial charge < -0.3 is 25.4 Å². The van der Waals surface area contributed by atoms with E-state index in [1.807, 2.05) is 4.90 Å². The minimum Gasteiger partial charge on any atom is -0.339 e. The van der Waals surface area contributed by atoms with Gasteiger partial charge in [-0.1, -0.05) is 11.6 Å². The molecule has 3 N–H and O–H groups in total. The Labute approximate surface area is 254 Å². The van der Waals surface area contributed by atoms with Crippen molar-refractivity contribution in [1.82, 2.24) is 34.9 Å². The first-order valence-corrected chi connectivity index (χ1v) is 14.5. The molecule has 0 unspecified atom stereocenters. The van der Waals surface area contributed by atoms with Crippen molar-refractivity contribution in [1.29, 1.82) is 0 Å². The van der Waals surface area contributed by atoms with E-state index in [0.29, 0.717) is 26.2 Å². The van der Waals surface area contributed by atoms with Crippen molar-refractivity contribution in [3.8, 4) is 0 Å². The molecule has 2 fully saturated rings. The maximum atomic E-state index is 13.4. The smallest absolute Gasteiger partial charge is 0.339 e. The fraction of sp³-hybridized carbons (Fsp3) is 0.464. The van der Waals surface area contributed by atoms with Crippen LogP contribution in [0, 0.1) is 5.92 Å². The molecule has 0 spiro atoms. The predicted octanol–water partition coefficient (Wildman–Crippen LogP) is 3.38. The van der Waals surface area contributed by atoms with Gasteiger partial charge in [0.1, 0.15) is 6.67 Å². The molecule has 2 aromatic heterocycles. The lowest BCUT2D eigenvalue weighted by molar-refractivity contribution is -0.142. The van der Waals surface area contributed by atoms with Gasteiger partial charge >= 0.3 is 6.18 Å². The molecular weight excluding hydrogens is 608 g/mol. The Morgan fingerprint density at radius 2 is 1.77 bits per heavy atom. The molecule has 16 heteroatoms. The van der Waals surface area contributed by atoms with Gasteiger partial charge in [-0.2, -0.15) is 18.3 Å². The first kappa shape index (κ1) is 31.4. The number of imidazole rings is 1. The number of aromatic amines is 1. The summed E-state index contributed by atoms with van der Waals surface area (Å²) >= 11 is 6.41. The first-order chi connectivity index (χ1) is 21.0. The van der Waals surface area contributed by atoms with E-state index < -0.39 is 24.5 Å². The molecular formula is C28H31ClF4N8O3. The van der Waals surface area contributed by atoms with Gasteiger partial charge in [-0.05, 0) is 44.1 Å². The number of aryl methyl sites for hydroxylation is 1. The van der Waals surface area contributed by atoms with Crippen molar-refractivity contribution in [3.63, 3.8) is 0 Å². The Morgan fingerprint density at radius 3 is 2.43 bits per heavy atom. The molecule has 4 heterocycles. The maximum Gasteiger partial charge on any atom is 0.435 e. The van der Waals surface area contributed by atoms with Crippen LogP contribution in [-0.2, 0) is 23.9 Å². The molecule has 44 heavy (non-hydrogen) atoms. The standard InChI is InChI=1S/C28H31ClF4N8O3/c29-22-14-19(1-2-21(22)27(44)40-11-9-39(10-12-40)26(43)17-3-6-34-7-4-17)37-25(42)24-35-15-20(36-24)13-18-16-41(8-5-30)38-23(18)28(31,32)33/h1-2,14-17,34H,3-13H2,(H,35,36)(H,37,42). The number of hydrogen-bond acceptors (Lipinski definition) is 6. The molecule has 5 rings (SSSR count). The summed E-state index contributed by atoms with van der Waals surface area (Å²) in [6, 6.07) is 4.42. The first-order valence-electron chi connectivity index (χ1n) is 14.2. The summed E-state index contributed by atoms with van der Waals surface area (Å²) in [6.45, 7) is 2.13. The second kappa shape index (κ2) is 13.3. The third kappa shape index (κ3) is 7.21. The summed E-state index contributed by atoms with van der Waals surface area (Å²) in [4.78, 5) is 48.9. The molecule has 0 atom stereocenters. The highest BCUT2D eigenvalue weighted by atomic mass is 35.5. The third-order valence-corrected chi connectivity index (χ3v) is 7.98. The fourth-order valence-corrected chi connectivity index (χ4v) is 5.65. The van der Waals surface area contributed by atoms with Crippen molar-refractivity contribution < 1.29 is 31.9 Å². The number of carbonyl (C=O) groups is 3. The van der Waals surface area contributed by atoms with E-state index in [1.165, 1.54) is 24.4 Å². The van der Waals surface area contributed by atoms with E-state index >= 15 is 0 Å². The van der Waals surface area contributed by atoms with E-state index in [1.54, 1.807) is 4.90 Å². The average Bonchev–Trinajstić information content (AvgIpc) is 3.65. The third-order valence-electron chi connectivity index (χ3n) is 7.67. The van der Waals surface area contributed by atoms with Gasteiger partial charge in [0.15, 0.2) is 11.5 Å². The van der Waals surface area contributed by atoms with E-state index in [0.717, 1.165) is 36.8 Å². The molecule has 3 aromatic rings. The number of hydrogen-bond donors (Lipinski definition) is 3. The van der Waals surface area contributed by atoms with E-state index in [9.17, 15) is 31.9 Å². The molecule has 0 saturated carbocycles. The van der Waals surface area contributed by atoms with E-state index in [4.69, 9.17) is 11.6 Å². The number of rotatable bonds is 8. The molecule has 3 amide bonds. The number of carbonyl (C=O) groups excluding carboxylic acids is 3. The highest BCUT2D eigenvalue weighted by Crippen LogP contribution is 2.32. The Kier molecular flexibility index (Phi) is 9.53. The maximum absolute atomic E-state index is 13.4. The lowest BCUT2D eigenvalue weighted by Gasteiger charge is -2.37. The second-order valence-electron chi connectivity index (χ2n) is 10.7. The molecule has 0 bridgehead atoms. The number of anilines is 1. The lowest BCUT2D eigenvalue weighted by atomic mass is 9.96. The summed E-state index contributed by atoms with van der Waals surface area (Å²) < 4.78 is 53.7. The Balaban J connectivity index is 1.17. The van der Waals surface area contributed by atoms with Gasteiger partial charge in [0, 0.05) is 67.9 Å². The number of amides is 3. The monoisotopic (exact) mass is 638 g/mol. The Hall–Kier alpha value is -3.98. The van der Waals surface area contributed by atoms with Gasteiger partial charge in [0.2, 0.25) is 5.91 Å². The summed E-state index contributed by atoms with van der Waals surface area (Å²) in [5.74, 6) is -0.964. The van der Waals surface area contributed by atoms with Crippen molar-refractivity contribution in [3.05, 3.63) is 64.0 Å². The van der Waals surface area contributed by atoms with Crippen molar-refractivity contribution in [2.45, 2.75) is 32.0 Å². The molecule has 2 aliphatic rings. The number of benzene rings is 1. The van der Waals surface area contributed by atoms with Crippen LogP contribution in [0.15, 0.2) is 30.6 Å². The molecule has 1 aromatic carbocycles. The number of halogens is 5. The Bertz CT molecular complexity index is 1510. The highest BCUT2D eigenvalue weighted by molar-refractivity contribution is 6.34. The zero-order valence-electron chi connectivity index (χ0n) is 23.6. The van der Waals surface area contributed by atoms with E-state index in [2.05, 4.69) is 25.7 Å². The zero-order valence-corrected chi connectivity index (χ0v) is 24.3. The predicted molar refractivity (Wildman–Crippen MR) is 152 cm³/mol. The second-order valence-corrected chi connectivity index (χ2v) is 11.1. The molecule has 11 nitrogen and oxygen atoms in total. The van der Waals surface area contributed by atoms with Gasteiger partial charge in [0.25, 0.3) is 11.8 Å². The van der Waals surface area contributed by atoms with Crippen LogP contribution in [0.3, 0.4) is 0 Å². The minimum atomic E-state index is -4.73. The van der Waals surface area contributed by atoms with Gasteiger partial charge in [0.05, 0.1) is 17.1 Å². The fourth-order valence-electron chi connectivity index (χ4n) is 5.39. The topological polar surface area (TPSA) is 128 Å². The summed E-state index contributed by atoms with van der Waals surface area (Å²) in [7, 11) is 0. The molecule has 2 saturated heterocycles. The van der Waals surface area contributed by atoms with Gasteiger partial charge in [-0.3, -0.25) is 19.1 Å². The number of piperazine rings is 1. The van der Waals surface area contributed by atoms with Crippen LogP contribution in [0.25, 0.3) is 0 Å². The van der Waals surface area contributed by atoms with Crippen LogP contribution < -0.4 is 10.6 Å². The largest absolute Gasteiger partial charge is 0.435 e. The van der Waals surface area contributed by atoms with Crippen molar-refractivity contribution in [2.24, 2.45) is 5.92 Å². The van der Waals surface area contributed by atoms with Crippen LogP contribution in [-0.4, -0.2) is 93.2 Å². The number of H-pyrrole nitrogens is 1. The van der Waals surface area contributed by atoms with E-state index in [-0.39, 0.29) is 64.1 Å². The van der Waals surface area contributed by atoms with Gasteiger partial charge in [-0.25, -0.2) is 9.37 Å². The summed E-state index contributed by atoms with van der Waals surface area (Å²) in [5, 5.41) is 9.40. The van der Waals surface area contributed by atoms with Crippen LogP contribution in [0.4, 0.5) is 23.2 Å². The van der Waals surface area contributed by atoms with Crippen molar-refractivity contribution in [2.75, 3.05) is 51.3 Å². The minimum absolute atomic E-state index is 0.0177. The van der Waals surface area contributed by atoms with Crippen LogP contribution in [0.2, 0.25) is 5.02 Å². The summed E-state index contributed by atoms with van der Waals surface area (Å²) in [6.07, 6.45) is -1.02. The van der Waals surface area contributed by atoms with Crippen LogP contribution >= 0.6 is 11.6 Å². The van der Waals surface area contributed by atoms with Gasteiger partial charge in [-0.15, -0.1) is 0 Å². The molecule has 0 aliphatic carbocycles. The Morgan fingerprint density at radius 1 is 1.07 bits per heavy atom. The highest BCUT2D eigenvalue weighted by Gasteiger charge is 2.37. The number of nitrogens with zero attached hydrogens (tertiary/aromatic N) is 5. The van der Waals surface area contributed by atoms with Crippen molar-refractivity contribution >= 4 is 35.0 Å². The average molecular weight is 639 g/mol.